The number of hydrogen-bond donors (Lipinski definition) is 1. The van der Waals surface area contributed by atoms with E-state index in [1.54, 1.807) is 0 Å². The van der Waals surface area contributed by atoms with E-state index in [9.17, 15) is 0 Å². The minimum absolute atomic E-state index is 0.130. The molecule has 1 N–H and O–H groups in total. The molecule has 0 aliphatic carbocycles. The molecule has 2 rings (SSSR count). The van der Waals surface area contributed by atoms with Gasteiger partial charge in [0.2, 0.25) is 0 Å². The van der Waals surface area contributed by atoms with Crippen molar-refractivity contribution < 1.29 is 0 Å². The molecule has 1 heterocycles. The standard InChI is InChI=1S/C13H19N5/c1-5-14-11(4)13-15-16-17-18(13)12-8-6-7-9(2)10(12)3/h6-8,11,14H,5H2,1-4H3. The third kappa shape index (κ3) is 2.26. The molecule has 0 aliphatic heterocycles. The first-order chi connectivity index (χ1) is 8.65. The largest absolute Gasteiger partial charge is 0.308 e. The first-order valence-corrected chi connectivity index (χ1v) is 6.23. The number of nitrogens with zero attached hydrogens (tertiary/aromatic N) is 4. The molecule has 1 aromatic carbocycles. The molecule has 0 bridgehead atoms. The summed E-state index contributed by atoms with van der Waals surface area (Å²) >= 11 is 0. The second-order valence-electron chi connectivity index (χ2n) is 4.45. The average molecular weight is 245 g/mol. The van der Waals surface area contributed by atoms with E-state index < -0.39 is 0 Å². The van der Waals surface area contributed by atoms with E-state index in [-0.39, 0.29) is 6.04 Å². The molecular weight excluding hydrogens is 226 g/mol. The van der Waals surface area contributed by atoms with E-state index in [1.807, 2.05) is 16.8 Å². The topological polar surface area (TPSA) is 55.6 Å². The van der Waals surface area contributed by atoms with Gasteiger partial charge in [-0.15, -0.1) is 5.10 Å². The van der Waals surface area contributed by atoms with Crippen LogP contribution in [0.25, 0.3) is 5.69 Å². The first-order valence-electron chi connectivity index (χ1n) is 6.23. The van der Waals surface area contributed by atoms with Crippen molar-refractivity contribution in [2.24, 2.45) is 0 Å². The van der Waals surface area contributed by atoms with Gasteiger partial charge in [0.15, 0.2) is 5.82 Å². The molecule has 0 saturated carbocycles. The first kappa shape index (κ1) is 12.7. The zero-order valence-corrected chi connectivity index (χ0v) is 11.3. The molecule has 96 valence electrons. The van der Waals surface area contributed by atoms with Gasteiger partial charge in [-0.1, -0.05) is 19.1 Å². The Morgan fingerprint density at radius 1 is 1.33 bits per heavy atom. The number of benzene rings is 1. The van der Waals surface area contributed by atoms with Crippen LogP contribution in [0.5, 0.6) is 0 Å². The maximum atomic E-state index is 4.12. The number of aryl methyl sites for hydroxylation is 1. The third-order valence-corrected chi connectivity index (χ3v) is 3.20. The molecule has 0 aliphatic rings. The zero-order valence-electron chi connectivity index (χ0n) is 11.3. The molecule has 1 unspecified atom stereocenters. The fraction of sp³-hybridized carbons (Fsp3) is 0.462. The van der Waals surface area contributed by atoms with Crippen LogP contribution >= 0.6 is 0 Å². The van der Waals surface area contributed by atoms with Gasteiger partial charge >= 0.3 is 0 Å². The maximum absolute atomic E-state index is 4.12. The van der Waals surface area contributed by atoms with E-state index >= 15 is 0 Å². The predicted octanol–water partition coefficient (Wildman–Crippen LogP) is 1.95. The summed E-state index contributed by atoms with van der Waals surface area (Å²) in [7, 11) is 0. The van der Waals surface area contributed by atoms with Crippen LogP contribution in [0.15, 0.2) is 18.2 Å². The Kier molecular flexibility index (Phi) is 3.72. The lowest BCUT2D eigenvalue weighted by Gasteiger charge is -2.14. The Labute approximate surface area is 107 Å². The van der Waals surface area contributed by atoms with E-state index in [4.69, 9.17) is 0 Å². The SMILES string of the molecule is CCNC(C)c1nnnn1-c1cccc(C)c1C. The fourth-order valence-electron chi connectivity index (χ4n) is 2.00. The molecule has 0 amide bonds. The summed E-state index contributed by atoms with van der Waals surface area (Å²) < 4.78 is 1.82. The van der Waals surface area contributed by atoms with Crippen LogP contribution in [-0.2, 0) is 0 Å². The third-order valence-electron chi connectivity index (χ3n) is 3.20. The quantitative estimate of drug-likeness (QED) is 0.894. The van der Waals surface area contributed by atoms with E-state index in [1.165, 1.54) is 11.1 Å². The lowest BCUT2D eigenvalue weighted by Crippen LogP contribution is -2.22. The van der Waals surface area contributed by atoms with Crippen molar-refractivity contribution in [1.82, 2.24) is 25.5 Å². The fourth-order valence-corrected chi connectivity index (χ4v) is 2.00. The zero-order chi connectivity index (χ0) is 13.1. The normalized spacial score (nSPS) is 12.7. The van der Waals surface area contributed by atoms with E-state index in [0.29, 0.717) is 0 Å². The van der Waals surface area contributed by atoms with Gasteiger partial charge in [0.05, 0.1) is 11.7 Å². The van der Waals surface area contributed by atoms with Gasteiger partial charge in [-0.2, -0.15) is 4.68 Å². The summed E-state index contributed by atoms with van der Waals surface area (Å²) in [6, 6.07) is 6.29. The molecule has 5 nitrogen and oxygen atoms in total. The minimum atomic E-state index is 0.130. The number of tetrazole rings is 1. The summed E-state index contributed by atoms with van der Waals surface area (Å²) in [5.41, 5.74) is 3.49. The van der Waals surface area contributed by atoms with Crippen LogP contribution in [0.1, 0.15) is 36.8 Å². The highest BCUT2D eigenvalue weighted by Gasteiger charge is 2.16. The molecular formula is C13H19N5. The molecule has 0 radical (unpaired) electrons. The molecule has 0 spiro atoms. The van der Waals surface area contributed by atoms with Crippen LogP contribution < -0.4 is 5.32 Å². The van der Waals surface area contributed by atoms with Crippen molar-refractivity contribution in [3.05, 3.63) is 35.2 Å². The summed E-state index contributed by atoms with van der Waals surface area (Å²) in [6.07, 6.45) is 0. The number of aromatic nitrogens is 4. The van der Waals surface area contributed by atoms with Crippen molar-refractivity contribution in [3.8, 4) is 5.69 Å². The predicted molar refractivity (Wildman–Crippen MR) is 70.7 cm³/mol. The van der Waals surface area contributed by atoms with Crippen LogP contribution in [0, 0.1) is 13.8 Å². The Hall–Kier alpha value is -1.75. The van der Waals surface area contributed by atoms with Gasteiger partial charge in [0, 0.05) is 0 Å². The van der Waals surface area contributed by atoms with Gasteiger partial charge in [0.25, 0.3) is 0 Å². The van der Waals surface area contributed by atoms with Gasteiger partial charge in [-0.25, -0.2) is 0 Å². The Morgan fingerprint density at radius 3 is 2.83 bits per heavy atom. The lowest BCUT2D eigenvalue weighted by molar-refractivity contribution is 0.550. The highest BCUT2D eigenvalue weighted by atomic mass is 15.5. The second kappa shape index (κ2) is 5.27. The van der Waals surface area contributed by atoms with Gasteiger partial charge in [-0.3, -0.25) is 0 Å². The van der Waals surface area contributed by atoms with Crippen LogP contribution in [0.4, 0.5) is 0 Å². The molecule has 0 fully saturated rings. The molecule has 18 heavy (non-hydrogen) atoms. The van der Waals surface area contributed by atoms with Crippen molar-refractivity contribution in [1.29, 1.82) is 0 Å². The smallest absolute Gasteiger partial charge is 0.173 e. The summed E-state index contributed by atoms with van der Waals surface area (Å²) in [6.45, 7) is 9.21. The second-order valence-corrected chi connectivity index (χ2v) is 4.45. The summed E-state index contributed by atoms with van der Waals surface area (Å²) in [5, 5.41) is 15.4. The Balaban J connectivity index is 2.45. The summed E-state index contributed by atoms with van der Waals surface area (Å²) in [5.74, 6) is 0.838. The highest BCUT2D eigenvalue weighted by Crippen LogP contribution is 2.19. The van der Waals surface area contributed by atoms with Crippen LogP contribution in [0.2, 0.25) is 0 Å². The van der Waals surface area contributed by atoms with Crippen LogP contribution in [0.3, 0.4) is 0 Å². The molecule has 0 saturated heterocycles. The van der Waals surface area contributed by atoms with E-state index in [0.717, 1.165) is 18.1 Å². The number of rotatable bonds is 4. The lowest BCUT2D eigenvalue weighted by atomic mass is 10.1. The molecule has 1 aromatic heterocycles. The maximum Gasteiger partial charge on any atom is 0.173 e. The van der Waals surface area contributed by atoms with Crippen molar-refractivity contribution in [2.75, 3.05) is 6.54 Å². The van der Waals surface area contributed by atoms with Crippen LogP contribution in [-0.4, -0.2) is 26.8 Å². The summed E-state index contributed by atoms with van der Waals surface area (Å²) in [4.78, 5) is 0. The molecule has 5 heteroatoms. The number of nitrogens with one attached hydrogen (secondary N) is 1. The Morgan fingerprint density at radius 2 is 2.11 bits per heavy atom. The van der Waals surface area contributed by atoms with Crippen molar-refractivity contribution in [2.45, 2.75) is 33.7 Å². The average Bonchev–Trinajstić information content (AvgIpc) is 2.82. The minimum Gasteiger partial charge on any atom is -0.308 e. The van der Waals surface area contributed by atoms with Crippen molar-refractivity contribution >= 4 is 0 Å². The van der Waals surface area contributed by atoms with Crippen molar-refractivity contribution in [3.63, 3.8) is 0 Å². The van der Waals surface area contributed by atoms with Gasteiger partial charge in [0.1, 0.15) is 0 Å². The number of hydrogen-bond acceptors (Lipinski definition) is 4. The monoisotopic (exact) mass is 245 g/mol. The van der Waals surface area contributed by atoms with E-state index in [2.05, 4.69) is 54.6 Å². The molecule has 1 atom stereocenters. The molecule has 2 aromatic rings. The highest BCUT2D eigenvalue weighted by molar-refractivity contribution is 5.44. The Bertz CT molecular complexity index is 532. The van der Waals surface area contributed by atoms with Gasteiger partial charge < -0.3 is 5.32 Å². The van der Waals surface area contributed by atoms with Gasteiger partial charge in [-0.05, 0) is 54.9 Å².